The summed E-state index contributed by atoms with van der Waals surface area (Å²) in [6, 6.07) is 0. The molecule has 9 heavy (non-hydrogen) atoms. The maximum Gasteiger partial charge on any atom is 0.414 e. The second kappa shape index (κ2) is 12.6. The van der Waals surface area contributed by atoms with Gasteiger partial charge in [0.25, 0.3) is 0 Å². The maximum atomic E-state index is 9.10. The molecule has 0 amide bonds. The predicted octanol–water partition coefficient (Wildman–Crippen LogP) is -1.99. The van der Waals surface area contributed by atoms with E-state index in [1.54, 1.807) is 0 Å². The summed E-state index contributed by atoms with van der Waals surface area (Å²) in [5, 5.41) is 14.8. The van der Waals surface area contributed by atoms with E-state index in [1.807, 2.05) is 0 Å². The van der Waals surface area contributed by atoms with Gasteiger partial charge in [0, 0.05) is 88.7 Å². The van der Waals surface area contributed by atoms with E-state index in [0.29, 0.717) is 0 Å². The Morgan fingerprint density at radius 3 is 0.889 bits per heavy atom. The Morgan fingerprint density at radius 1 is 0.778 bits per heavy atom. The number of carboxylic acid groups (broad SMARTS) is 2. The standard InChI is InChI=1S/C2H2O4.3Na/c3-1(4)2(5)6;;;/h(H,3,4)(H,5,6);;;. The van der Waals surface area contributed by atoms with Gasteiger partial charge in [0.05, 0.1) is 0 Å². The van der Waals surface area contributed by atoms with Crippen molar-refractivity contribution in [2.45, 2.75) is 0 Å². The van der Waals surface area contributed by atoms with Gasteiger partial charge >= 0.3 is 11.9 Å². The molecule has 7 heteroatoms. The van der Waals surface area contributed by atoms with Crippen molar-refractivity contribution < 1.29 is 19.8 Å². The molecule has 0 spiro atoms. The summed E-state index contributed by atoms with van der Waals surface area (Å²) in [6.07, 6.45) is 0. The first-order valence-corrected chi connectivity index (χ1v) is 1.11. The third-order valence-corrected chi connectivity index (χ3v) is 0.183. The van der Waals surface area contributed by atoms with Crippen LogP contribution in [0.1, 0.15) is 0 Å². The SMILES string of the molecule is O=C(O)C(=O)O.[Na].[Na].[Na]. The van der Waals surface area contributed by atoms with Crippen LogP contribution in [-0.4, -0.2) is 111 Å². The fraction of sp³-hybridized carbons (Fsp3) is 0. The molecule has 0 bridgehead atoms. The van der Waals surface area contributed by atoms with E-state index in [1.165, 1.54) is 0 Å². The molecule has 37 valence electrons. The molecular weight excluding hydrogens is 157 g/mol. The summed E-state index contributed by atoms with van der Waals surface area (Å²) in [4.78, 5) is 18.2. The molecule has 0 aromatic heterocycles. The second-order valence-corrected chi connectivity index (χ2v) is 0.610. The van der Waals surface area contributed by atoms with Crippen LogP contribution in [0.25, 0.3) is 0 Å². The van der Waals surface area contributed by atoms with Crippen LogP contribution < -0.4 is 0 Å². The normalized spacial score (nSPS) is 4.89. The zero-order chi connectivity index (χ0) is 5.15. The summed E-state index contributed by atoms with van der Waals surface area (Å²) >= 11 is 0. The Kier molecular flexibility index (Phi) is 31.4. The largest absolute Gasteiger partial charge is 0.473 e. The van der Waals surface area contributed by atoms with Gasteiger partial charge < -0.3 is 10.2 Å². The fourth-order valence-electron chi connectivity index (χ4n) is 0. The Labute approximate surface area is 118 Å². The molecule has 0 saturated heterocycles. The molecule has 0 saturated carbocycles. The van der Waals surface area contributed by atoms with Crippen LogP contribution in [0.15, 0.2) is 0 Å². The average Bonchev–Trinajstić information content (AvgIpc) is 1.36. The first-order valence-electron chi connectivity index (χ1n) is 1.11. The van der Waals surface area contributed by atoms with Crippen molar-refractivity contribution in [3.63, 3.8) is 0 Å². The van der Waals surface area contributed by atoms with Gasteiger partial charge in [0.1, 0.15) is 0 Å². The van der Waals surface area contributed by atoms with E-state index in [4.69, 9.17) is 19.8 Å². The van der Waals surface area contributed by atoms with E-state index in [9.17, 15) is 0 Å². The van der Waals surface area contributed by atoms with Crippen LogP contribution in [0.4, 0.5) is 0 Å². The Hall–Kier alpha value is 1.94. The number of carboxylic acids is 2. The van der Waals surface area contributed by atoms with Crippen LogP contribution in [0.2, 0.25) is 0 Å². The van der Waals surface area contributed by atoms with Crippen LogP contribution in [0.5, 0.6) is 0 Å². The van der Waals surface area contributed by atoms with Crippen molar-refractivity contribution in [3.05, 3.63) is 0 Å². The molecule has 0 aromatic carbocycles. The molecule has 4 nitrogen and oxygen atoms in total. The van der Waals surface area contributed by atoms with Gasteiger partial charge in [0.2, 0.25) is 0 Å². The third kappa shape index (κ3) is 17.8. The molecule has 0 aliphatic carbocycles. The minimum Gasteiger partial charge on any atom is -0.473 e. The minimum atomic E-state index is -1.82. The van der Waals surface area contributed by atoms with Crippen molar-refractivity contribution in [1.82, 2.24) is 0 Å². The molecule has 0 rings (SSSR count). The first kappa shape index (κ1) is 22.4. The Morgan fingerprint density at radius 2 is 0.889 bits per heavy atom. The van der Waals surface area contributed by atoms with Crippen molar-refractivity contribution in [3.8, 4) is 0 Å². The molecule has 0 fully saturated rings. The van der Waals surface area contributed by atoms with Crippen LogP contribution in [0, 0.1) is 0 Å². The van der Waals surface area contributed by atoms with Crippen molar-refractivity contribution >= 4 is 101 Å². The van der Waals surface area contributed by atoms with Crippen LogP contribution in [0.3, 0.4) is 0 Å². The Balaban J connectivity index is -0.0000000417. The molecule has 0 aliphatic rings. The molecule has 0 aromatic rings. The molecule has 0 heterocycles. The smallest absolute Gasteiger partial charge is 0.414 e. The van der Waals surface area contributed by atoms with Gasteiger partial charge in [-0.15, -0.1) is 0 Å². The van der Waals surface area contributed by atoms with Gasteiger partial charge in [-0.3, -0.25) is 0 Å². The van der Waals surface area contributed by atoms with E-state index in [-0.39, 0.29) is 88.7 Å². The van der Waals surface area contributed by atoms with Gasteiger partial charge in [0.15, 0.2) is 0 Å². The van der Waals surface area contributed by atoms with Gasteiger partial charge in [-0.25, -0.2) is 9.59 Å². The molecule has 0 aliphatic heterocycles. The number of carbonyl (C=O) groups is 2. The molecule has 3 radical (unpaired) electrons. The van der Waals surface area contributed by atoms with Gasteiger partial charge in [-0.2, -0.15) is 0 Å². The van der Waals surface area contributed by atoms with Crippen molar-refractivity contribution in [1.29, 1.82) is 0 Å². The van der Waals surface area contributed by atoms with Crippen LogP contribution in [-0.2, 0) is 9.59 Å². The molecule has 2 N–H and O–H groups in total. The fourth-order valence-corrected chi connectivity index (χ4v) is 0. The Bertz CT molecular complexity index is 79.8. The quantitative estimate of drug-likeness (QED) is 0.317. The second-order valence-electron chi connectivity index (χ2n) is 0.610. The summed E-state index contributed by atoms with van der Waals surface area (Å²) in [5.41, 5.74) is 0. The first-order chi connectivity index (χ1) is 2.64. The minimum absolute atomic E-state index is 0. The molecule has 0 unspecified atom stereocenters. The van der Waals surface area contributed by atoms with E-state index in [0.717, 1.165) is 0 Å². The molecule has 0 atom stereocenters. The van der Waals surface area contributed by atoms with Crippen molar-refractivity contribution in [2.75, 3.05) is 0 Å². The zero-order valence-electron chi connectivity index (χ0n) is 5.71. The van der Waals surface area contributed by atoms with E-state index in [2.05, 4.69) is 0 Å². The summed E-state index contributed by atoms with van der Waals surface area (Å²) < 4.78 is 0. The maximum absolute atomic E-state index is 9.10. The summed E-state index contributed by atoms with van der Waals surface area (Å²) in [7, 11) is 0. The summed E-state index contributed by atoms with van der Waals surface area (Å²) in [5.74, 6) is -3.65. The summed E-state index contributed by atoms with van der Waals surface area (Å²) in [6.45, 7) is 0. The number of rotatable bonds is 0. The van der Waals surface area contributed by atoms with E-state index >= 15 is 0 Å². The van der Waals surface area contributed by atoms with Gasteiger partial charge in [-0.05, 0) is 0 Å². The average molecular weight is 159 g/mol. The zero-order valence-corrected chi connectivity index (χ0v) is 11.7. The van der Waals surface area contributed by atoms with Crippen LogP contribution >= 0.6 is 0 Å². The van der Waals surface area contributed by atoms with Crippen molar-refractivity contribution in [2.24, 2.45) is 0 Å². The topological polar surface area (TPSA) is 74.6 Å². The number of hydrogen-bond donors (Lipinski definition) is 2. The number of aliphatic carboxylic acids is 2. The third-order valence-electron chi connectivity index (χ3n) is 0.183. The van der Waals surface area contributed by atoms with Gasteiger partial charge in [-0.1, -0.05) is 0 Å². The monoisotopic (exact) mass is 159 g/mol. The predicted molar refractivity (Wildman–Crippen MR) is 32.5 cm³/mol. The number of hydrogen-bond acceptors (Lipinski definition) is 2. The van der Waals surface area contributed by atoms with E-state index < -0.39 is 11.9 Å². The molecular formula is C2H2Na3O4.